The lowest BCUT2D eigenvalue weighted by Gasteiger charge is -2.15. The van der Waals surface area contributed by atoms with Crippen molar-refractivity contribution in [1.29, 1.82) is 0 Å². The number of ketones is 1. The van der Waals surface area contributed by atoms with Gasteiger partial charge in [0.15, 0.2) is 5.78 Å². The molecule has 0 atom stereocenters. The van der Waals surface area contributed by atoms with Crippen molar-refractivity contribution in [3.05, 3.63) is 97.1 Å². The largest absolute Gasteiger partial charge is 0.496 e. The van der Waals surface area contributed by atoms with E-state index in [1.807, 2.05) is 42.5 Å². The fraction of sp³-hybridized carbons (Fsp3) is 0.125. The van der Waals surface area contributed by atoms with Crippen LogP contribution in [0.5, 0.6) is 17.2 Å². The Morgan fingerprint density at radius 1 is 0.964 bits per heavy atom. The first-order valence-corrected chi connectivity index (χ1v) is 8.83. The smallest absolute Gasteiger partial charge is 0.193 e. The molecule has 0 unspecified atom stereocenters. The van der Waals surface area contributed by atoms with Crippen molar-refractivity contribution in [1.82, 2.24) is 0 Å². The van der Waals surface area contributed by atoms with Crippen LogP contribution >= 0.6 is 0 Å². The molecule has 0 fully saturated rings. The third kappa shape index (κ3) is 6.02. The van der Waals surface area contributed by atoms with Gasteiger partial charge in [0.05, 0.1) is 7.11 Å². The van der Waals surface area contributed by atoms with Gasteiger partial charge in [0.1, 0.15) is 36.0 Å². The van der Waals surface area contributed by atoms with E-state index in [4.69, 9.17) is 14.2 Å². The van der Waals surface area contributed by atoms with Gasteiger partial charge in [0.2, 0.25) is 0 Å². The topological polar surface area (TPSA) is 44.8 Å². The lowest BCUT2D eigenvalue weighted by molar-refractivity contribution is 0.104. The molecule has 0 bridgehead atoms. The van der Waals surface area contributed by atoms with E-state index in [9.17, 15) is 4.79 Å². The van der Waals surface area contributed by atoms with E-state index < -0.39 is 0 Å². The second kappa shape index (κ2) is 11.2. The summed E-state index contributed by atoms with van der Waals surface area (Å²) in [7, 11) is 1.50. The van der Waals surface area contributed by atoms with Crippen molar-refractivity contribution in [2.75, 3.05) is 20.3 Å². The number of ether oxygens (including phenoxy) is 3. The minimum atomic E-state index is -0.233. The Kier molecular flexibility index (Phi) is 8.34. The molecule has 0 aliphatic heterocycles. The third-order valence-electron chi connectivity index (χ3n) is 3.68. The molecule has 0 amide bonds. The maximum Gasteiger partial charge on any atom is 0.193 e. The normalized spacial score (nSPS) is 10.8. The number of carbonyl (C=O) groups excluding carboxylic acids is 1. The van der Waals surface area contributed by atoms with Gasteiger partial charge in [-0.1, -0.05) is 73.9 Å². The molecule has 2 rings (SSSR count). The molecular formula is C24H24O4. The molecule has 4 nitrogen and oxygen atoms in total. The quantitative estimate of drug-likeness (QED) is 0.232. The highest BCUT2D eigenvalue weighted by Gasteiger charge is 2.19. The Morgan fingerprint density at radius 2 is 1.64 bits per heavy atom. The first kappa shape index (κ1) is 20.8. The number of methoxy groups -OCH3 is 1. The predicted octanol–water partition coefficient (Wildman–Crippen LogP) is 5.28. The number of hydrogen-bond donors (Lipinski definition) is 0. The Morgan fingerprint density at radius 3 is 2.32 bits per heavy atom. The SMILES string of the molecule is C=CCOc1cc(OC)c(C(=O)/C=C/C=C/c2ccccc2)c(OCC=C)c1. The van der Waals surface area contributed by atoms with Crippen LogP contribution in [0.25, 0.3) is 6.08 Å². The number of benzene rings is 2. The van der Waals surface area contributed by atoms with E-state index >= 15 is 0 Å². The second-order valence-corrected chi connectivity index (χ2v) is 5.69. The summed E-state index contributed by atoms with van der Waals surface area (Å²) in [5.41, 5.74) is 1.38. The lowest BCUT2D eigenvalue weighted by Crippen LogP contribution is -2.06. The van der Waals surface area contributed by atoms with Gasteiger partial charge in [-0.3, -0.25) is 4.79 Å². The van der Waals surface area contributed by atoms with Crippen LogP contribution in [0.15, 0.2) is 86.0 Å². The number of allylic oxidation sites excluding steroid dienone is 3. The average molecular weight is 376 g/mol. The summed E-state index contributed by atoms with van der Waals surface area (Å²) in [6.45, 7) is 7.87. The summed E-state index contributed by atoms with van der Waals surface area (Å²) in [6.07, 6.45) is 10.1. The van der Waals surface area contributed by atoms with E-state index in [-0.39, 0.29) is 12.4 Å². The zero-order chi connectivity index (χ0) is 20.2. The molecule has 28 heavy (non-hydrogen) atoms. The third-order valence-corrected chi connectivity index (χ3v) is 3.68. The first-order valence-electron chi connectivity index (χ1n) is 8.83. The first-order chi connectivity index (χ1) is 13.7. The maximum absolute atomic E-state index is 12.8. The molecule has 0 N–H and O–H groups in total. The Hall–Kier alpha value is -3.53. The molecule has 0 aliphatic carbocycles. The summed E-state index contributed by atoms with van der Waals surface area (Å²) in [5.74, 6) is 1.05. The second-order valence-electron chi connectivity index (χ2n) is 5.69. The average Bonchev–Trinajstić information content (AvgIpc) is 2.73. The van der Waals surface area contributed by atoms with Gasteiger partial charge in [-0.2, -0.15) is 0 Å². The van der Waals surface area contributed by atoms with Crippen LogP contribution in [-0.4, -0.2) is 26.1 Å². The van der Waals surface area contributed by atoms with Gasteiger partial charge in [0.25, 0.3) is 0 Å². The predicted molar refractivity (Wildman–Crippen MR) is 113 cm³/mol. The highest BCUT2D eigenvalue weighted by atomic mass is 16.5. The molecule has 144 valence electrons. The molecule has 0 saturated heterocycles. The Balaban J connectivity index is 2.28. The Labute approximate surface area is 166 Å². The molecule has 0 aliphatic rings. The summed E-state index contributed by atoms with van der Waals surface area (Å²) >= 11 is 0. The maximum atomic E-state index is 12.8. The fourth-order valence-electron chi connectivity index (χ4n) is 2.43. The zero-order valence-electron chi connectivity index (χ0n) is 16.0. The van der Waals surface area contributed by atoms with E-state index in [2.05, 4.69) is 13.2 Å². The van der Waals surface area contributed by atoms with Crippen LogP contribution in [0.2, 0.25) is 0 Å². The molecule has 4 heteroatoms. The minimum absolute atomic E-state index is 0.233. The van der Waals surface area contributed by atoms with Gasteiger partial charge in [-0.05, 0) is 11.6 Å². The van der Waals surface area contributed by atoms with Crippen molar-refractivity contribution < 1.29 is 19.0 Å². The van der Waals surface area contributed by atoms with Crippen LogP contribution in [0.3, 0.4) is 0 Å². The highest BCUT2D eigenvalue weighted by molar-refractivity contribution is 6.09. The monoisotopic (exact) mass is 376 g/mol. The summed E-state index contributed by atoms with van der Waals surface area (Å²) in [4.78, 5) is 12.8. The van der Waals surface area contributed by atoms with Gasteiger partial charge in [-0.15, -0.1) is 0 Å². The summed E-state index contributed by atoms with van der Waals surface area (Å²) < 4.78 is 16.6. The van der Waals surface area contributed by atoms with Crippen molar-refractivity contribution in [2.24, 2.45) is 0 Å². The van der Waals surface area contributed by atoms with Gasteiger partial charge >= 0.3 is 0 Å². The zero-order valence-corrected chi connectivity index (χ0v) is 16.0. The van der Waals surface area contributed by atoms with Crippen molar-refractivity contribution >= 4 is 11.9 Å². The standard InChI is InChI=1S/C24H24O4/c1-4-15-27-20-17-22(26-3)24(23(18-20)28-16-5-2)21(25)14-10-9-13-19-11-7-6-8-12-19/h4-14,17-18H,1-2,15-16H2,3H3/b13-9+,14-10+. The van der Waals surface area contributed by atoms with Crippen molar-refractivity contribution in [2.45, 2.75) is 0 Å². The number of carbonyl (C=O) groups is 1. The van der Waals surface area contributed by atoms with Gasteiger partial charge in [-0.25, -0.2) is 0 Å². The van der Waals surface area contributed by atoms with E-state index in [0.717, 1.165) is 5.56 Å². The van der Waals surface area contributed by atoms with E-state index in [1.165, 1.54) is 13.2 Å². The van der Waals surface area contributed by atoms with Crippen molar-refractivity contribution in [3.63, 3.8) is 0 Å². The number of hydrogen-bond acceptors (Lipinski definition) is 4. The van der Waals surface area contributed by atoms with Crippen LogP contribution in [0.1, 0.15) is 15.9 Å². The van der Waals surface area contributed by atoms with Gasteiger partial charge < -0.3 is 14.2 Å². The van der Waals surface area contributed by atoms with Crippen LogP contribution < -0.4 is 14.2 Å². The number of rotatable bonds is 11. The molecule has 0 saturated carbocycles. The summed E-state index contributed by atoms with van der Waals surface area (Å²) in [6, 6.07) is 13.2. The fourth-order valence-corrected chi connectivity index (χ4v) is 2.43. The molecule has 0 spiro atoms. The Bertz CT molecular complexity index is 864. The lowest BCUT2D eigenvalue weighted by atomic mass is 10.1. The molecule has 0 heterocycles. The van der Waals surface area contributed by atoms with E-state index in [1.54, 1.807) is 30.4 Å². The van der Waals surface area contributed by atoms with Crippen molar-refractivity contribution in [3.8, 4) is 17.2 Å². The van der Waals surface area contributed by atoms with Gasteiger partial charge in [0, 0.05) is 12.1 Å². The molecule has 2 aromatic rings. The van der Waals surface area contributed by atoms with Crippen LogP contribution in [0.4, 0.5) is 0 Å². The van der Waals surface area contributed by atoms with Crippen LogP contribution in [0, 0.1) is 0 Å². The van der Waals surface area contributed by atoms with Crippen LogP contribution in [-0.2, 0) is 0 Å². The van der Waals surface area contributed by atoms with E-state index in [0.29, 0.717) is 29.4 Å². The molecule has 0 radical (unpaired) electrons. The molecular weight excluding hydrogens is 352 g/mol. The minimum Gasteiger partial charge on any atom is -0.496 e. The molecule has 0 aromatic heterocycles. The highest BCUT2D eigenvalue weighted by Crippen LogP contribution is 2.35. The molecule has 2 aromatic carbocycles. The summed E-state index contributed by atoms with van der Waals surface area (Å²) in [5, 5.41) is 0.